The molecule has 126 valence electrons. The van der Waals surface area contributed by atoms with Gasteiger partial charge in [0.15, 0.2) is 5.82 Å². The second-order valence-electron chi connectivity index (χ2n) is 6.69. The van der Waals surface area contributed by atoms with Gasteiger partial charge in [0.25, 0.3) is 0 Å². The second-order valence-corrected chi connectivity index (χ2v) is 7.05. The molecular formula is C16H25ClN6. The number of nitrogens with one attached hydrogen (secondary N) is 1. The van der Waals surface area contributed by atoms with Crippen LogP contribution in [0.2, 0.25) is 5.15 Å². The number of H-pyrrole nitrogens is 1. The summed E-state index contributed by atoms with van der Waals surface area (Å²) in [6.07, 6.45) is 3.53. The summed E-state index contributed by atoms with van der Waals surface area (Å²) in [6.45, 7) is 8.11. The van der Waals surface area contributed by atoms with Crippen LogP contribution in [0.25, 0.3) is 0 Å². The Morgan fingerprint density at radius 2 is 2.13 bits per heavy atom. The van der Waals surface area contributed by atoms with Gasteiger partial charge in [-0.15, -0.1) is 0 Å². The van der Waals surface area contributed by atoms with E-state index in [0.29, 0.717) is 5.92 Å². The fourth-order valence-corrected chi connectivity index (χ4v) is 3.48. The van der Waals surface area contributed by atoms with Crippen LogP contribution in [0.15, 0.2) is 0 Å². The number of nitrogens with zero attached hydrogens (tertiary/aromatic N) is 5. The van der Waals surface area contributed by atoms with Gasteiger partial charge in [-0.3, -0.25) is 14.7 Å². The van der Waals surface area contributed by atoms with Crippen molar-refractivity contribution in [3.63, 3.8) is 0 Å². The van der Waals surface area contributed by atoms with Gasteiger partial charge in [-0.05, 0) is 26.3 Å². The number of aromatic amines is 1. The van der Waals surface area contributed by atoms with Crippen molar-refractivity contribution in [3.05, 3.63) is 28.1 Å². The lowest BCUT2D eigenvalue weighted by atomic mass is 10.0. The molecule has 1 aliphatic rings. The first-order valence-electron chi connectivity index (χ1n) is 8.31. The Labute approximate surface area is 142 Å². The number of piperidine rings is 1. The molecule has 0 bridgehead atoms. The first-order valence-corrected chi connectivity index (χ1v) is 8.69. The van der Waals surface area contributed by atoms with Crippen LogP contribution in [0.1, 0.15) is 68.0 Å². The summed E-state index contributed by atoms with van der Waals surface area (Å²) in [6, 6.07) is 0.277. The van der Waals surface area contributed by atoms with Crippen LogP contribution in [-0.2, 0) is 13.6 Å². The van der Waals surface area contributed by atoms with Crippen molar-refractivity contribution < 1.29 is 0 Å². The molecule has 0 saturated carbocycles. The van der Waals surface area contributed by atoms with Crippen molar-refractivity contribution in [2.75, 3.05) is 6.54 Å². The molecule has 0 unspecified atom stereocenters. The van der Waals surface area contributed by atoms with Crippen LogP contribution in [-0.4, -0.2) is 36.4 Å². The Balaban J connectivity index is 1.83. The van der Waals surface area contributed by atoms with E-state index in [1.807, 2.05) is 14.0 Å². The van der Waals surface area contributed by atoms with Crippen LogP contribution in [0.5, 0.6) is 0 Å². The average molecular weight is 337 g/mol. The maximum absolute atomic E-state index is 6.41. The summed E-state index contributed by atoms with van der Waals surface area (Å²) in [5.41, 5.74) is 2.12. The number of likely N-dealkylation sites (tertiary alicyclic amines) is 1. The number of halogens is 1. The maximum Gasteiger partial charge on any atom is 0.153 e. The lowest BCUT2D eigenvalue weighted by molar-refractivity contribution is 0.134. The quantitative estimate of drug-likeness (QED) is 0.930. The Morgan fingerprint density at radius 3 is 2.74 bits per heavy atom. The molecule has 3 rings (SSSR count). The van der Waals surface area contributed by atoms with E-state index in [1.165, 1.54) is 12.8 Å². The molecule has 0 aliphatic carbocycles. The zero-order chi connectivity index (χ0) is 16.6. The zero-order valence-electron chi connectivity index (χ0n) is 14.3. The Morgan fingerprint density at radius 1 is 1.35 bits per heavy atom. The highest BCUT2D eigenvalue weighted by atomic mass is 35.5. The van der Waals surface area contributed by atoms with Crippen molar-refractivity contribution in [1.29, 1.82) is 0 Å². The number of hydrogen-bond acceptors (Lipinski definition) is 4. The fraction of sp³-hybridized carbons (Fsp3) is 0.688. The van der Waals surface area contributed by atoms with E-state index < -0.39 is 0 Å². The van der Waals surface area contributed by atoms with E-state index in [4.69, 9.17) is 16.6 Å². The Kier molecular flexibility index (Phi) is 4.73. The molecule has 0 amide bonds. The molecule has 1 saturated heterocycles. The van der Waals surface area contributed by atoms with Crippen molar-refractivity contribution in [1.82, 2.24) is 29.9 Å². The molecule has 7 heteroatoms. The zero-order valence-corrected chi connectivity index (χ0v) is 15.1. The molecule has 2 aromatic rings. The molecule has 1 aliphatic heterocycles. The van der Waals surface area contributed by atoms with Gasteiger partial charge in [0, 0.05) is 25.1 Å². The van der Waals surface area contributed by atoms with Gasteiger partial charge < -0.3 is 0 Å². The summed E-state index contributed by atoms with van der Waals surface area (Å²) in [5, 5.41) is 12.7. The van der Waals surface area contributed by atoms with Crippen molar-refractivity contribution in [2.24, 2.45) is 7.05 Å². The highest BCUT2D eigenvalue weighted by Crippen LogP contribution is 2.32. The molecule has 3 heterocycles. The largest absolute Gasteiger partial charge is 0.289 e. The van der Waals surface area contributed by atoms with Crippen molar-refractivity contribution >= 4 is 11.6 Å². The molecule has 0 spiro atoms. The van der Waals surface area contributed by atoms with E-state index in [0.717, 1.165) is 47.6 Å². The Hall–Kier alpha value is -1.40. The first kappa shape index (κ1) is 16.5. The highest BCUT2D eigenvalue weighted by Gasteiger charge is 2.28. The van der Waals surface area contributed by atoms with Crippen LogP contribution in [0.4, 0.5) is 0 Å². The highest BCUT2D eigenvalue weighted by molar-refractivity contribution is 6.30. The third kappa shape index (κ3) is 3.28. The number of aryl methyl sites for hydroxylation is 2. The summed E-state index contributed by atoms with van der Waals surface area (Å²) >= 11 is 6.41. The first-order chi connectivity index (χ1) is 11.0. The van der Waals surface area contributed by atoms with E-state index in [1.54, 1.807) is 4.68 Å². The summed E-state index contributed by atoms with van der Waals surface area (Å²) in [5.74, 6) is 2.21. The van der Waals surface area contributed by atoms with E-state index in [-0.39, 0.29) is 6.04 Å². The molecule has 1 N–H and O–H groups in total. The minimum atomic E-state index is 0.277. The average Bonchev–Trinajstić information content (AvgIpc) is 3.09. The van der Waals surface area contributed by atoms with E-state index >= 15 is 0 Å². The number of aromatic nitrogens is 5. The smallest absolute Gasteiger partial charge is 0.153 e. The lowest BCUT2D eigenvalue weighted by Crippen LogP contribution is -2.33. The number of hydrogen-bond donors (Lipinski definition) is 1. The summed E-state index contributed by atoms with van der Waals surface area (Å²) < 4.78 is 1.75. The van der Waals surface area contributed by atoms with Gasteiger partial charge >= 0.3 is 0 Å². The minimum Gasteiger partial charge on any atom is -0.289 e. The molecule has 1 fully saturated rings. The summed E-state index contributed by atoms with van der Waals surface area (Å²) in [7, 11) is 1.89. The third-order valence-electron chi connectivity index (χ3n) is 4.60. The molecule has 0 radical (unpaired) electrons. The topological polar surface area (TPSA) is 62.6 Å². The predicted molar refractivity (Wildman–Crippen MR) is 90.4 cm³/mol. The SMILES string of the molecule is Cc1nn(C)c(Cl)c1CN1CCCC[C@@H]1c1nc(C(C)C)n[nH]1. The Bertz CT molecular complexity index is 674. The fourth-order valence-electron chi connectivity index (χ4n) is 3.24. The van der Waals surface area contributed by atoms with E-state index in [2.05, 4.69) is 34.0 Å². The summed E-state index contributed by atoms with van der Waals surface area (Å²) in [4.78, 5) is 7.16. The second kappa shape index (κ2) is 6.61. The van der Waals surface area contributed by atoms with Crippen LogP contribution in [0, 0.1) is 6.92 Å². The normalized spacial score (nSPS) is 19.7. The van der Waals surface area contributed by atoms with Gasteiger partial charge in [0.05, 0.1) is 11.7 Å². The van der Waals surface area contributed by atoms with Crippen molar-refractivity contribution in [3.8, 4) is 0 Å². The monoisotopic (exact) mass is 336 g/mol. The minimum absolute atomic E-state index is 0.277. The molecule has 1 atom stereocenters. The van der Waals surface area contributed by atoms with Gasteiger partial charge in [0.1, 0.15) is 11.0 Å². The molecular weight excluding hydrogens is 312 g/mol. The van der Waals surface area contributed by atoms with Crippen LogP contribution in [0.3, 0.4) is 0 Å². The van der Waals surface area contributed by atoms with Gasteiger partial charge in [-0.25, -0.2) is 4.98 Å². The van der Waals surface area contributed by atoms with Gasteiger partial charge in [-0.2, -0.15) is 10.2 Å². The molecule has 23 heavy (non-hydrogen) atoms. The van der Waals surface area contributed by atoms with E-state index in [9.17, 15) is 0 Å². The van der Waals surface area contributed by atoms with Crippen LogP contribution < -0.4 is 0 Å². The standard InChI is InChI=1S/C16H25ClN6/c1-10(2)15-18-16(20-19-15)13-7-5-6-8-23(13)9-12-11(3)21-22(4)14(12)17/h10,13H,5-9H2,1-4H3,(H,18,19,20)/t13-/m1/s1. The molecule has 0 aromatic carbocycles. The van der Waals surface area contributed by atoms with Crippen LogP contribution >= 0.6 is 11.6 Å². The lowest BCUT2D eigenvalue weighted by Gasteiger charge is -2.34. The van der Waals surface area contributed by atoms with Gasteiger partial charge in [-0.1, -0.05) is 31.9 Å². The maximum atomic E-state index is 6.41. The van der Waals surface area contributed by atoms with Crippen molar-refractivity contribution in [2.45, 2.75) is 58.5 Å². The van der Waals surface area contributed by atoms with Gasteiger partial charge in [0.2, 0.25) is 0 Å². The molecule has 2 aromatic heterocycles. The third-order valence-corrected chi connectivity index (χ3v) is 5.07. The predicted octanol–water partition coefficient (Wildman–Crippen LogP) is 3.35. The molecule has 6 nitrogen and oxygen atoms in total. The number of rotatable bonds is 4.